The van der Waals surface area contributed by atoms with Gasteiger partial charge in [0.1, 0.15) is 0 Å². The third-order valence-corrected chi connectivity index (χ3v) is 10.7. The first-order chi connectivity index (χ1) is 13.5. The van der Waals surface area contributed by atoms with Crippen molar-refractivity contribution in [1.82, 2.24) is 0 Å². The molecule has 0 nitrogen and oxygen atoms in total. The topological polar surface area (TPSA) is 0 Å². The van der Waals surface area contributed by atoms with Gasteiger partial charge < -0.3 is 0 Å². The molecular weight excluding hydrogens is 348 g/mol. The molecule has 0 aromatic rings. The van der Waals surface area contributed by atoms with E-state index in [1.165, 1.54) is 77.0 Å². The highest BCUT2D eigenvalue weighted by atomic mass is 14.7. The van der Waals surface area contributed by atoms with E-state index in [1.807, 2.05) is 0 Å². The van der Waals surface area contributed by atoms with E-state index in [9.17, 15) is 0 Å². The quantitative estimate of drug-likeness (QED) is 0.397. The fraction of sp³-hybridized carbons (Fsp3) is 1.00. The lowest BCUT2D eigenvalue weighted by Gasteiger charge is -2.66. The summed E-state index contributed by atoms with van der Waals surface area (Å²) in [4.78, 5) is 0. The third-order valence-electron chi connectivity index (χ3n) is 10.7. The Morgan fingerprint density at radius 1 is 0.759 bits per heavy atom. The van der Waals surface area contributed by atoms with Crippen molar-refractivity contribution in [2.24, 2.45) is 51.8 Å². The van der Waals surface area contributed by atoms with E-state index in [-0.39, 0.29) is 0 Å². The highest BCUT2D eigenvalue weighted by Gasteiger charge is 2.61. The second kappa shape index (κ2) is 8.86. The zero-order chi connectivity index (χ0) is 21.4. The van der Waals surface area contributed by atoms with Crippen molar-refractivity contribution in [2.75, 3.05) is 0 Å². The van der Waals surface area contributed by atoms with E-state index in [0.29, 0.717) is 16.2 Å². The SMILES string of the molecule is CC(C)CCC[C@H](C)CC[C@H]1[C@H](C)CCC2[C@]3(C)CCCC(C)(C)C3CC[C@@]21C. The van der Waals surface area contributed by atoms with Gasteiger partial charge in [0, 0.05) is 0 Å². The first-order valence-corrected chi connectivity index (χ1v) is 13.5. The Bertz CT molecular complexity index is 530. The zero-order valence-corrected chi connectivity index (χ0v) is 21.4. The van der Waals surface area contributed by atoms with Crippen LogP contribution in [0.15, 0.2) is 0 Å². The van der Waals surface area contributed by atoms with Crippen molar-refractivity contribution in [3.05, 3.63) is 0 Å². The molecule has 0 N–H and O–H groups in total. The lowest BCUT2D eigenvalue weighted by atomic mass is 9.38. The molecule has 29 heavy (non-hydrogen) atoms. The predicted octanol–water partition coefficient (Wildman–Crippen LogP) is 9.52. The van der Waals surface area contributed by atoms with Gasteiger partial charge in [0.2, 0.25) is 0 Å². The summed E-state index contributed by atoms with van der Waals surface area (Å²) in [5.41, 5.74) is 1.78. The number of fused-ring (bicyclic) bond motifs is 3. The molecular formula is C29H54. The minimum atomic E-state index is 0.567. The van der Waals surface area contributed by atoms with E-state index in [4.69, 9.17) is 0 Å². The molecule has 0 aliphatic heterocycles. The van der Waals surface area contributed by atoms with Crippen LogP contribution in [-0.2, 0) is 0 Å². The summed E-state index contributed by atoms with van der Waals surface area (Å²) < 4.78 is 0. The van der Waals surface area contributed by atoms with Crippen LogP contribution in [0.2, 0.25) is 0 Å². The molecule has 0 bridgehead atoms. The Labute approximate surface area is 184 Å². The molecule has 0 aromatic carbocycles. The van der Waals surface area contributed by atoms with Gasteiger partial charge in [-0.2, -0.15) is 0 Å². The van der Waals surface area contributed by atoms with Gasteiger partial charge in [-0.1, -0.05) is 93.9 Å². The lowest BCUT2D eigenvalue weighted by Crippen LogP contribution is -2.59. The Morgan fingerprint density at radius 2 is 1.48 bits per heavy atom. The zero-order valence-electron chi connectivity index (χ0n) is 21.4. The summed E-state index contributed by atoms with van der Waals surface area (Å²) in [6.07, 6.45) is 17.7. The highest BCUT2D eigenvalue weighted by Crippen LogP contribution is 2.69. The van der Waals surface area contributed by atoms with Crippen molar-refractivity contribution in [3.8, 4) is 0 Å². The van der Waals surface area contributed by atoms with Crippen LogP contribution >= 0.6 is 0 Å². The number of rotatable bonds is 7. The second-order valence-corrected chi connectivity index (χ2v) is 13.7. The smallest absolute Gasteiger partial charge is 0.0259 e. The molecule has 0 radical (unpaired) electrons. The van der Waals surface area contributed by atoms with Gasteiger partial charge in [-0.3, -0.25) is 0 Å². The maximum Gasteiger partial charge on any atom is -0.0259 e. The van der Waals surface area contributed by atoms with Crippen molar-refractivity contribution in [1.29, 1.82) is 0 Å². The van der Waals surface area contributed by atoms with Gasteiger partial charge in [0.25, 0.3) is 0 Å². The van der Waals surface area contributed by atoms with Crippen LogP contribution < -0.4 is 0 Å². The molecule has 170 valence electrons. The van der Waals surface area contributed by atoms with Gasteiger partial charge in [0.05, 0.1) is 0 Å². The van der Waals surface area contributed by atoms with E-state index in [1.54, 1.807) is 0 Å². The van der Waals surface area contributed by atoms with Crippen molar-refractivity contribution >= 4 is 0 Å². The predicted molar refractivity (Wildman–Crippen MR) is 129 cm³/mol. The molecule has 0 heterocycles. The first-order valence-electron chi connectivity index (χ1n) is 13.5. The molecule has 3 rings (SSSR count). The fourth-order valence-corrected chi connectivity index (χ4v) is 9.17. The second-order valence-electron chi connectivity index (χ2n) is 13.7. The van der Waals surface area contributed by atoms with Gasteiger partial charge >= 0.3 is 0 Å². The maximum absolute atomic E-state index is 2.75. The van der Waals surface area contributed by atoms with Crippen LogP contribution in [0.3, 0.4) is 0 Å². The molecule has 0 saturated heterocycles. The normalized spacial score (nSPS) is 42.9. The van der Waals surface area contributed by atoms with Gasteiger partial charge in [0.15, 0.2) is 0 Å². The van der Waals surface area contributed by atoms with Crippen molar-refractivity contribution < 1.29 is 0 Å². The minimum absolute atomic E-state index is 0.567. The Hall–Kier alpha value is 0. The monoisotopic (exact) mass is 402 g/mol. The van der Waals surface area contributed by atoms with Crippen LogP contribution in [0.5, 0.6) is 0 Å². The van der Waals surface area contributed by atoms with Crippen molar-refractivity contribution in [3.63, 3.8) is 0 Å². The molecule has 3 aliphatic rings. The maximum atomic E-state index is 2.75. The molecule has 0 amide bonds. The average molecular weight is 403 g/mol. The van der Waals surface area contributed by atoms with Gasteiger partial charge in [-0.05, 0) is 90.3 Å². The molecule has 0 aromatic heterocycles. The lowest BCUT2D eigenvalue weighted by molar-refractivity contribution is -0.174. The number of hydrogen-bond donors (Lipinski definition) is 0. The van der Waals surface area contributed by atoms with Crippen LogP contribution in [0, 0.1) is 51.8 Å². The standard InChI is InChI=1S/C29H54/c1-21(2)11-9-12-22(3)13-15-24-23(4)14-16-26-28(24,7)20-17-25-27(5,6)18-10-19-29(25,26)8/h21-26H,9-20H2,1-8H3/t22-,23+,24-,25?,26?,28+,29+/m0/s1. The minimum Gasteiger partial charge on any atom is -0.0628 e. The first kappa shape index (κ1) is 23.7. The summed E-state index contributed by atoms with van der Waals surface area (Å²) in [6.45, 7) is 20.6. The highest BCUT2D eigenvalue weighted by molar-refractivity contribution is 5.10. The fourth-order valence-electron chi connectivity index (χ4n) is 9.17. The van der Waals surface area contributed by atoms with Gasteiger partial charge in [-0.15, -0.1) is 0 Å². The molecule has 3 aliphatic carbocycles. The Balaban J connectivity index is 1.70. The van der Waals surface area contributed by atoms with E-state index >= 15 is 0 Å². The van der Waals surface area contributed by atoms with E-state index in [0.717, 1.165) is 35.5 Å². The van der Waals surface area contributed by atoms with E-state index < -0.39 is 0 Å². The summed E-state index contributed by atoms with van der Waals surface area (Å²) in [5.74, 6) is 5.64. The molecule has 0 heteroatoms. The summed E-state index contributed by atoms with van der Waals surface area (Å²) in [5, 5.41) is 0. The molecule has 3 fully saturated rings. The van der Waals surface area contributed by atoms with Crippen LogP contribution in [0.25, 0.3) is 0 Å². The van der Waals surface area contributed by atoms with E-state index in [2.05, 4.69) is 55.4 Å². The molecule has 3 saturated carbocycles. The Kier molecular flexibility index (Phi) is 7.23. The van der Waals surface area contributed by atoms with Gasteiger partial charge in [-0.25, -0.2) is 0 Å². The number of hydrogen-bond acceptors (Lipinski definition) is 0. The summed E-state index contributed by atoms with van der Waals surface area (Å²) in [7, 11) is 0. The van der Waals surface area contributed by atoms with Crippen molar-refractivity contribution in [2.45, 2.75) is 132 Å². The third kappa shape index (κ3) is 4.62. The molecule has 7 atom stereocenters. The largest absolute Gasteiger partial charge is 0.0628 e. The van der Waals surface area contributed by atoms with Crippen LogP contribution in [-0.4, -0.2) is 0 Å². The summed E-state index contributed by atoms with van der Waals surface area (Å²) >= 11 is 0. The summed E-state index contributed by atoms with van der Waals surface area (Å²) in [6, 6.07) is 0. The Morgan fingerprint density at radius 3 is 2.17 bits per heavy atom. The molecule has 0 spiro atoms. The van der Waals surface area contributed by atoms with Crippen LogP contribution in [0.1, 0.15) is 132 Å². The van der Waals surface area contributed by atoms with Crippen LogP contribution in [0.4, 0.5) is 0 Å². The molecule has 2 unspecified atom stereocenters. The average Bonchev–Trinajstić information content (AvgIpc) is 2.59.